The average molecular weight is 282 g/mol. The molecule has 0 aliphatic carbocycles. The van der Waals surface area contributed by atoms with Gasteiger partial charge >= 0.3 is 6.03 Å². The van der Waals surface area contributed by atoms with E-state index in [9.17, 15) is 9.59 Å². The van der Waals surface area contributed by atoms with Crippen LogP contribution < -0.4 is 10.6 Å². The van der Waals surface area contributed by atoms with Gasteiger partial charge in [0.15, 0.2) is 5.82 Å². The molecule has 112 valence electrons. The van der Waals surface area contributed by atoms with E-state index >= 15 is 0 Å². The van der Waals surface area contributed by atoms with Crippen LogP contribution in [0.15, 0.2) is 16.9 Å². The van der Waals surface area contributed by atoms with Gasteiger partial charge in [-0.05, 0) is 20.3 Å². The van der Waals surface area contributed by atoms with Crippen LogP contribution in [0.1, 0.15) is 33.6 Å². The van der Waals surface area contributed by atoms with E-state index in [0.29, 0.717) is 12.4 Å². The molecule has 0 unspecified atom stereocenters. The molecule has 3 amide bonds. The molecule has 20 heavy (non-hydrogen) atoms. The van der Waals surface area contributed by atoms with E-state index in [1.165, 1.54) is 11.2 Å². The van der Waals surface area contributed by atoms with Crippen LogP contribution in [0.2, 0.25) is 0 Å². The minimum Gasteiger partial charge on any atom is -0.363 e. The van der Waals surface area contributed by atoms with Crippen molar-refractivity contribution in [1.82, 2.24) is 15.4 Å². The van der Waals surface area contributed by atoms with Crippen molar-refractivity contribution in [2.75, 3.05) is 18.4 Å². The van der Waals surface area contributed by atoms with Gasteiger partial charge in [0, 0.05) is 18.7 Å². The van der Waals surface area contributed by atoms with Gasteiger partial charge in [0.25, 0.3) is 0 Å². The molecule has 0 saturated carbocycles. The number of unbranched alkanes of at least 4 members (excludes halogenated alkanes) is 1. The van der Waals surface area contributed by atoms with Crippen LogP contribution in [0.3, 0.4) is 0 Å². The van der Waals surface area contributed by atoms with Gasteiger partial charge in [-0.2, -0.15) is 0 Å². The Balaban J connectivity index is 2.49. The smallest absolute Gasteiger partial charge is 0.318 e. The number of nitrogens with zero attached hydrogens (tertiary/aromatic N) is 2. The number of anilines is 1. The molecule has 0 saturated heterocycles. The number of amides is 3. The number of hydrogen-bond donors (Lipinski definition) is 2. The zero-order chi connectivity index (χ0) is 15.0. The summed E-state index contributed by atoms with van der Waals surface area (Å²) in [6.45, 7) is 6.37. The molecular weight excluding hydrogens is 260 g/mol. The molecule has 0 fully saturated rings. The number of nitrogens with one attached hydrogen (secondary N) is 2. The van der Waals surface area contributed by atoms with E-state index in [0.717, 1.165) is 12.8 Å². The van der Waals surface area contributed by atoms with Gasteiger partial charge in [-0.3, -0.25) is 4.79 Å². The molecule has 1 rings (SSSR count). The summed E-state index contributed by atoms with van der Waals surface area (Å²) in [5.74, 6) is 0.0309. The van der Waals surface area contributed by atoms with Gasteiger partial charge in [0.05, 0.1) is 0 Å². The van der Waals surface area contributed by atoms with Crippen molar-refractivity contribution in [3.63, 3.8) is 0 Å². The fraction of sp³-hybridized carbons (Fsp3) is 0.615. The van der Waals surface area contributed by atoms with Crippen LogP contribution in [-0.4, -0.2) is 41.1 Å². The first kappa shape index (κ1) is 16.0. The third kappa shape index (κ3) is 5.29. The summed E-state index contributed by atoms with van der Waals surface area (Å²) < 4.78 is 4.62. The lowest BCUT2D eigenvalue weighted by Gasteiger charge is -2.26. The van der Waals surface area contributed by atoms with E-state index in [4.69, 9.17) is 0 Å². The van der Waals surface area contributed by atoms with Gasteiger partial charge in [0.1, 0.15) is 12.8 Å². The van der Waals surface area contributed by atoms with Gasteiger partial charge in [-0.15, -0.1) is 0 Å². The monoisotopic (exact) mass is 282 g/mol. The molecule has 0 radical (unpaired) electrons. The fourth-order valence-corrected chi connectivity index (χ4v) is 1.58. The predicted molar refractivity (Wildman–Crippen MR) is 75.3 cm³/mol. The molecule has 0 atom stereocenters. The molecule has 2 N–H and O–H groups in total. The van der Waals surface area contributed by atoms with Crippen LogP contribution in [0.25, 0.3) is 0 Å². The van der Waals surface area contributed by atoms with Crippen LogP contribution in [0.4, 0.5) is 10.6 Å². The predicted octanol–water partition coefficient (Wildman–Crippen LogP) is 1.83. The number of rotatable bonds is 7. The van der Waals surface area contributed by atoms with Crippen molar-refractivity contribution < 1.29 is 14.1 Å². The SMILES string of the molecule is CCCCNC(=O)N(CC(=O)Nc1ccon1)C(C)C. The maximum absolute atomic E-state index is 12.0. The second-order valence-corrected chi connectivity index (χ2v) is 4.74. The maximum Gasteiger partial charge on any atom is 0.318 e. The van der Waals surface area contributed by atoms with Crippen LogP contribution >= 0.6 is 0 Å². The summed E-state index contributed by atoms with van der Waals surface area (Å²) in [5.41, 5.74) is 0. The third-order valence-electron chi connectivity index (χ3n) is 2.71. The Hall–Kier alpha value is -2.05. The first-order chi connectivity index (χ1) is 9.54. The number of aromatic nitrogens is 1. The van der Waals surface area contributed by atoms with Gasteiger partial charge < -0.3 is 20.1 Å². The van der Waals surface area contributed by atoms with Crippen molar-refractivity contribution in [3.05, 3.63) is 12.3 Å². The summed E-state index contributed by atoms with van der Waals surface area (Å²) in [6, 6.07) is 1.24. The first-order valence-corrected chi connectivity index (χ1v) is 6.79. The van der Waals surface area contributed by atoms with E-state index in [2.05, 4.69) is 27.2 Å². The van der Waals surface area contributed by atoms with E-state index in [1.54, 1.807) is 6.07 Å². The van der Waals surface area contributed by atoms with Crippen molar-refractivity contribution >= 4 is 17.8 Å². The topological polar surface area (TPSA) is 87.5 Å². The highest BCUT2D eigenvalue weighted by atomic mass is 16.5. The molecule has 0 spiro atoms. The molecule has 0 aliphatic heterocycles. The Kier molecular flexibility index (Phi) is 6.55. The molecule has 1 aromatic heterocycles. The number of urea groups is 1. The Morgan fingerprint density at radius 1 is 1.45 bits per heavy atom. The summed E-state index contributed by atoms with van der Waals surface area (Å²) in [7, 11) is 0. The lowest BCUT2D eigenvalue weighted by Crippen LogP contribution is -2.47. The minimum atomic E-state index is -0.307. The minimum absolute atomic E-state index is 0.0253. The summed E-state index contributed by atoms with van der Waals surface area (Å²) in [5, 5.41) is 8.95. The van der Waals surface area contributed by atoms with Gasteiger partial charge in [-0.25, -0.2) is 4.79 Å². The van der Waals surface area contributed by atoms with Crippen LogP contribution in [-0.2, 0) is 4.79 Å². The maximum atomic E-state index is 12.0. The van der Waals surface area contributed by atoms with Gasteiger partial charge in [-0.1, -0.05) is 18.5 Å². The van der Waals surface area contributed by atoms with Crippen molar-refractivity contribution in [2.45, 2.75) is 39.7 Å². The Labute approximate surface area is 118 Å². The molecule has 7 nitrogen and oxygen atoms in total. The van der Waals surface area contributed by atoms with Crippen molar-refractivity contribution in [1.29, 1.82) is 0 Å². The van der Waals surface area contributed by atoms with Crippen LogP contribution in [0.5, 0.6) is 0 Å². The normalized spacial score (nSPS) is 10.4. The molecule has 1 heterocycles. The average Bonchev–Trinajstić information content (AvgIpc) is 2.88. The summed E-state index contributed by atoms with van der Waals surface area (Å²) in [4.78, 5) is 25.3. The first-order valence-electron chi connectivity index (χ1n) is 6.79. The molecule has 1 aromatic rings. The molecular formula is C13H22N4O3. The van der Waals surface area contributed by atoms with E-state index in [-0.39, 0.29) is 24.5 Å². The number of carbonyl (C=O) groups is 2. The van der Waals surface area contributed by atoms with Crippen LogP contribution in [0, 0.1) is 0 Å². The molecule has 0 aromatic carbocycles. The summed E-state index contributed by atoms with van der Waals surface area (Å²) >= 11 is 0. The van der Waals surface area contributed by atoms with E-state index in [1.807, 2.05) is 13.8 Å². The molecule has 0 aliphatic rings. The highest BCUT2D eigenvalue weighted by Crippen LogP contribution is 2.03. The zero-order valence-corrected chi connectivity index (χ0v) is 12.2. The Morgan fingerprint density at radius 3 is 2.75 bits per heavy atom. The second kappa shape index (κ2) is 8.19. The quantitative estimate of drug-likeness (QED) is 0.747. The second-order valence-electron chi connectivity index (χ2n) is 4.74. The summed E-state index contributed by atoms with van der Waals surface area (Å²) in [6.07, 6.45) is 3.30. The Morgan fingerprint density at radius 2 is 2.20 bits per heavy atom. The van der Waals surface area contributed by atoms with Crippen molar-refractivity contribution in [3.8, 4) is 0 Å². The fourth-order valence-electron chi connectivity index (χ4n) is 1.58. The standard InChI is InChI=1S/C13H22N4O3/c1-4-5-7-14-13(19)17(10(2)3)9-12(18)15-11-6-8-20-16-11/h6,8,10H,4-5,7,9H2,1-3H3,(H,14,19)(H,15,16,18). The van der Waals surface area contributed by atoms with Crippen molar-refractivity contribution in [2.24, 2.45) is 0 Å². The third-order valence-corrected chi connectivity index (χ3v) is 2.71. The number of hydrogen-bond acceptors (Lipinski definition) is 4. The largest absolute Gasteiger partial charge is 0.363 e. The molecule has 7 heteroatoms. The van der Waals surface area contributed by atoms with E-state index < -0.39 is 0 Å². The lowest BCUT2D eigenvalue weighted by molar-refractivity contribution is -0.117. The Bertz CT molecular complexity index is 417. The highest BCUT2D eigenvalue weighted by molar-refractivity contribution is 5.93. The highest BCUT2D eigenvalue weighted by Gasteiger charge is 2.20. The lowest BCUT2D eigenvalue weighted by atomic mass is 10.3. The van der Waals surface area contributed by atoms with Gasteiger partial charge in [0.2, 0.25) is 5.91 Å². The zero-order valence-electron chi connectivity index (χ0n) is 12.2. The molecule has 0 bridgehead atoms. The number of carbonyl (C=O) groups excluding carboxylic acids is 2.